The van der Waals surface area contributed by atoms with Crippen molar-refractivity contribution in [3.05, 3.63) is 65.5 Å². The van der Waals surface area contributed by atoms with Gasteiger partial charge >= 0.3 is 0 Å². The number of rotatable bonds is 9. The first-order chi connectivity index (χ1) is 15.4. The molecule has 1 aromatic heterocycles. The minimum Gasteiger partial charge on any atom is -0.497 e. The number of carbonyl (C=O) groups is 2. The number of thioether (sulfide) groups is 1. The van der Waals surface area contributed by atoms with Crippen LogP contribution in [0.25, 0.3) is 0 Å². The molecular weight excluding hydrogens is 440 g/mol. The van der Waals surface area contributed by atoms with Crippen molar-refractivity contribution in [2.45, 2.75) is 11.6 Å². The summed E-state index contributed by atoms with van der Waals surface area (Å²) >= 11 is 1.13. The maximum Gasteiger partial charge on any atom is 0.251 e. The zero-order valence-corrected chi connectivity index (χ0v) is 18.2. The second kappa shape index (κ2) is 10.7. The van der Waals surface area contributed by atoms with Gasteiger partial charge in [-0.2, -0.15) is 0 Å². The van der Waals surface area contributed by atoms with E-state index in [0.29, 0.717) is 41.3 Å². The Hall–Kier alpha value is -3.47. The van der Waals surface area contributed by atoms with E-state index in [9.17, 15) is 18.4 Å². The van der Waals surface area contributed by atoms with E-state index >= 15 is 0 Å². The number of hydrogen-bond donors (Lipinski definition) is 2. The molecule has 11 heteroatoms. The maximum atomic E-state index is 13.6. The van der Waals surface area contributed by atoms with Gasteiger partial charge in [-0.1, -0.05) is 11.8 Å². The highest BCUT2D eigenvalue weighted by Crippen LogP contribution is 2.18. The summed E-state index contributed by atoms with van der Waals surface area (Å²) in [5, 5.41) is 13.8. The average molecular weight is 461 g/mol. The van der Waals surface area contributed by atoms with E-state index < -0.39 is 17.5 Å². The number of amides is 2. The Morgan fingerprint density at radius 2 is 1.88 bits per heavy atom. The van der Waals surface area contributed by atoms with Crippen molar-refractivity contribution in [1.82, 2.24) is 20.1 Å². The topological polar surface area (TPSA) is 98.1 Å². The van der Waals surface area contributed by atoms with Crippen molar-refractivity contribution in [2.24, 2.45) is 7.05 Å². The van der Waals surface area contributed by atoms with Crippen LogP contribution in [0.2, 0.25) is 0 Å². The van der Waals surface area contributed by atoms with Gasteiger partial charge in [0.1, 0.15) is 23.2 Å². The normalized spacial score (nSPS) is 10.6. The smallest absolute Gasteiger partial charge is 0.251 e. The Balaban J connectivity index is 1.47. The predicted octanol–water partition coefficient (Wildman–Crippen LogP) is 2.81. The van der Waals surface area contributed by atoms with Gasteiger partial charge in [0.05, 0.1) is 18.6 Å². The molecule has 0 atom stereocenters. The molecule has 0 aliphatic rings. The first kappa shape index (κ1) is 23.2. The molecule has 0 bridgehead atoms. The van der Waals surface area contributed by atoms with Gasteiger partial charge in [0.15, 0.2) is 5.16 Å². The monoisotopic (exact) mass is 461 g/mol. The molecule has 0 aliphatic carbocycles. The lowest BCUT2D eigenvalue weighted by Crippen LogP contribution is -2.26. The lowest BCUT2D eigenvalue weighted by atomic mass is 10.2. The predicted molar refractivity (Wildman–Crippen MR) is 116 cm³/mol. The average Bonchev–Trinajstić information content (AvgIpc) is 3.13. The third kappa shape index (κ3) is 6.03. The second-order valence-electron chi connectivity index (χ2n) is 6.65. The standard InChI is InChI=1S/C21H21F2N5O3S/c1-28-18(9-10-24-20(30)13-3-6-15(31-2)7-4-13)26-27-21(28)32-12-19(29)25-17-8-5-14(22)11-16(17)23/h3-8,11H,9-10,12H2,1-2H3,(H,24,30)(H,25,29). The van der Waals surface area contributed by atoms with Gasteiger partial charge in [-0.15, -0.1) is 10.2 Å². The zero-order chi connectivity index (χ0) is 23.1. The molecular formula is C21H21F2N5O3S. The first-order valence-electron chi connectivity index (χ1n) is 9.55. The van der Waals surface area contributed by atoms with Gasteiger partial charge in [0.25, 0.3) is 5.91 Å². The summed E-state index contributed by atoms with van der Waals surface area (Å²) in [6.45, 7) is 0.353. The van der Waals surface area contributed by atoms with Crippen LogP contribution in [0.1, 0.15) is 16.2 Å². The number of anilines is 1. The molecule has 0 radical (unpaired) electrons. The number of aromatic nitrogens is 3. The lowest BCUT2D eigenvalue weighted by Gasteiger charge is -2.07. The van der Waals surface area contributed by atoms with Crippen LogP contribution in [0.15, 0.2) is 47.6 Å². The van der Waals surface area contributed by atoms with E-state index in [0.717, 1.165) is 23.9 Å². The Bertz CT molecular complexity index is 1110. The molecule has 0 fully saturated rings. The number of nitrogens with zero attached hydrogens (tertiary/aromatic N) is 3. The molecule has 0 saturated carbocycles. The van der Waals surface area contributed by atoms with Gasteiger partial charge in [-0.3, -0.25) is 9.59 Å². The van der Waals surface area contributed by atoms with Gasteiger partial charge in [-0.05, 0) is 36.4 Å². The maximum absolute atomic E-state index is 13.6. The number of nitrogens with one attached hydrogen (secondary N) is 2. The SMILES string of the molecule is COc1ccc(C(=O)NCCc2nnc(SCC(=O)Nc3ccc(F)cc3F)n2C)cc1. The highest BCUT2D eigenvalue weighted by Gasteiger charge is 2.14. The Labute approximate surface area is 187 Å². The van der Waals surface area contributed by atoms with Crippen LogP contribution in [0.3, 0.4) is 0 Å². The van der Waals surface area contributed by atoms with Crippen molar-refractivity contribution < 1.29 is 23.1 Å². The summed E-state index contributed by atoms with van der Waals surface area (Å²) in [4.78, 5) is 24.3. The summed E-state index contributed by atoms with van der Waals surface area (Å²) in [5.74, 6) is -0.972. The molecule has 3 rings (SSSR count). The number of hydrogen-bond acceptors (Lipinski definition) is 6. The quantitative estimate of drug-likeness (QED) is 0.476. The minimum atomic E-state index is -0.846. The highest BCUT2D eigenvalue weighted by atomic mass is 32.2. The Kier molecular flexibility index (Phi) is 7.77. The van der Waals surface area contributed by atoms with E-state index in [1.807, 2.05) is 0 Å². The molecule has 0 saturated heterocycles. The van der Waals surface area contributed by atoms with Crippen LogP contribution in [0.5, 0.6) is 5.75 Å². The number of methoxy groups -OCH3 is 1. The second-order valence-corrected chi connectivity index (χ2v) is 7.60. The van der Waals surface area contributed by atoms with E-state index in [4.69, 9.17) is 4.74 Å². The summed E-state index contributed by atoms with van der Waals surface area (Å²) in [5.41, 5.74) is 0.423. The summed E-state index contributed by atoms with van der Waals surface area (Å²) < 4.78 is 33.4. The summed E-state index contributed by atoms with van der Waals surface area (Å²) in [6.07, 6.45) is 0.443. The Morgan fingerprint density at radius 1 is 1.12 bits per heavy atom. The van der Waals surface area contributed by atoms with Crippen molar-refractivity contribution in [2.75, 3.05) is 24.7 Å². The number of ether oxygens (including phenoxy) is 1. The summed E-state index contributed by atoms with van der Waals surface area (Å²) in [7, 11) is 3.31. The molecule has 3 aromatic rings. The van der Waals surface area contributed by atoms with Crippen LogP contribution in [-0.4, -0.2) is 46.0 Å². The minimum absolute atomic E-state index is 0.0308. The van der Waals surface area contributed by atoms with Crippen molar-refractivity contribution in [3.63, 3.8) is 0 Å². The fourth-order valence-corrected chi connectivity index (χ4v) is 3.46. The number of benzene rings is 2. The van der Waals surface area contributed by atoms with E-state index in [-0.39, 0.29) is 17.3 Å². The Morgan fingerprint density at radius 3 is 2.56 bits per heavy atom. The number of halogens is 2. The molecule has 0 aliphatic heterocycles. The molecule has 2 aromatic carbocycles. The fourth-order valence-electron chi connectivity index (χ4n) is 2.73. The van der Waals surface area contributed by atoms with Gasteiger partial charge in [0, 0.05) is 31.6 Å². The van der Waals surface area contributed by atoms with E-state index in [2.05, 4.69) is 20.8 Å². The third-order valence-electron chi connectivity index (χ3n) is 4.45. The van der Waals surface area contributed by atoms with Crippen LogP contribution < -0.4 is 15.4 Å². The molecule has 1 heterocycles. The van der Waals surface area contributed by atoms with Crippen LogP contribution in [-0.2, 0) is 18.3 Å². The third-order valence-corrected chi connectivity index (χ3v) is 5.47. The lowest BCUT2D eigenvalue weighted by molar-refractivity contribution is -0.113. The fraction of sp³-hybridized carbons (Fsp3) is 0.238. The van der Waals surface area contributed by atoms with E-state index in [1.165, 1.54) is 0 Å². The molecule has 2 N–H and O–H groups in total. The number of carbonyl (C=O) groups excluding carboxylic acids is 2. The van der Waals surface area contributed by atoms with Crippen molar-refractivity contribution >= 4 is 29.3 Å². The van der Waals surface area contributed by atoms with Gasteiger partial charge < -0.3 is 19.9 Å². The highest BCUT2D eigenvalue weighted by molar-refractivity contribution is 7.99. The molecule has 0 unspecified atom stereocenters. The van der Waals surface area contributed by atoms with Crippen molar-refractivity contribution in [1.29, 1.82) is 0 Å². The zero-order valence-electron chi connectivity index (χ0n) is 17.4. The first-order valence-corrected chi connectivity index (χ1v) is 10.5. The van der Waals surface area contributed by atoms with Crippen molar-refractivity contribution in [3.8, 4) is 5.75 Å². The van der Waals surface area contributed by atoms with Crippen LogP contribution in [0, 0.1) is 11.6 Å². The molecule has 0 spiro atoms. The molecule has 8 nitrogen and oxygen atoms in total. The molecule has 32 heavy (non-hydrogen) atoms. The van der Waals surface area contributed by atoms with Crippen LogP contribution >= 0.6 is 11.8 Å². The molecule has 168 valence electrons. The molecule has 2 amide bonds. The van der Waals surface area contributed by atoms with Gasteiger partial charge in [-0.25, -0.2) is 8.78 Å². The van der Waals surface area contributed by atoms with E-state index in [1.54, 1.807) is 43.0 Å². The summed E-state index contributed by atoms with van der Waals surface area (Å²) in [6, 6.07) is 9.69. The van der Waals surface area contributed by atoms with Gasteiger partial charge in [0.2, 0.25) is 5.91 Å². The largest absolute Gasteiger partial charge is 0.497 e. The van der Waals surface area contributed by atoms with Crippen LogP contribution in [0.4, 0.5) is 14.5 Å².